The second-order valence-electron chi connectivity index (χ2n) is 2.66. The smallest absolute Gasteiger partial charge is 0.139 e. The second kappa shape index (κ2) is 4.65. The molecule has 14 heavy (non-hydrogen) atoms. The van der Waals surface area contributed by atoms with Gasteiger partial charge in [-0.05, 0) is 6.08 Å². The molecule has 0 amide bonds. The lowest BCUT2D eigenvalue weighted by atomic mass is 10.0. The van der Waals surface area contributed by atoms with Crippen LogP contribution in [0.4, 0.5) is 0 Å². The molecule has 0 spiro atoms. The molecular formula is C10H12O4. The van der Waals surface area contributed by atoms with E-state index in [2.05, 4.69) is 0 Å². The van der Waals surface area contributed by atoms with E-state index in [1.807, 2.05) is 0 Å². The highest BCUT2D eigenvalue weighted by Gasteiger charge is 2.23. The normalized spacial score (nSPS) is 20.8. The third-order valence-corrected chi connectivity index (χ3v) is 1.96. The van der Waals surface area contributed by atoms with Crippen LogP contribution < -0.4 is 0 Å². The van der Waals surface area contributed by atoms with E-state index in [1.54, 1.807) is 18.1 Å². The lowest BCUT2D eigenvalue weighted by molar-refractivity contribution is 0.151. The van der Waals surface area contributed by atoms with Gasteiger partial charge in [-0.1, -0.05) is 0 Å². The summed E-state index contributed by atoms with van der Waals surface area (Å²) in [5.41, 5.74) is 0.343. The Morgan fingerprint density at radius 1 is 1.29 bits per heavy atom. The van der Waals surface area contributed by atoms with Crippen molar-refractivity contribution < 1.29 is 19.0 Å². The molecule has 76 valence electrons. The van der Waals surface area contributed by atoms with Crippen LogP contribution in [-0.4, -0.2) is 33.4 Å². The monoisotopic (exact) mass is 196 g/mol. The summed E-state index contributed by atoms with van der Waals surface area (Å²) in [5.74, 6) is 2.83. The van der Waals surface area contributed by atoms with Crippen molar-refractivity contribution in [3.63, 3.8) is 0 Å². The van der Waals surface area contributed by atoms with Crippen molar-refractivity contribution in [2.75, 3.05) is 21.3 Å². The molecule has 1 aliphatic rings. The summed E-state index contributed by atoms with van der Waals surface area (Å²) < 4.78 is 15.1. The summed E-state index contributed by atoms with van der Waals surface area (Å²) >= 11 is 0. The Hall–Kier alpha value is -1.51. The summed E-state index contributed by atoms with van der Waals surface area (Å²) in [7, 11) is 4.52. The Morgan fingerprint density at radius 3 is 2.43 bits per heavy atom. The molecule has 0 N–H and O–H groups in total. The second-order valence-corrected chi connectivity index (χ2v) is 2.66. The molecule has 0 fully saturated rings. The van der Waals surface area contributed by atoms with Gasteiger partial charge in [-0.2, -0.15) is 0 Å². The minimum absolute atomic E-state index is 0.343. The third-order valence-electron chi connectivity index (χ3n) is 1.96. The van der Waals surface area contributed by atoms with Gasteiger partial charge in [0.1, 0.15) is 29.1 Å². The lowest BCUT2D eigenvalue weighted by Gasteiger charge is -2.19. The third kappa shape index (κ3) is 1.87. The van der Waals surface area contributed by atoms with E-state index in [0.717, 1.165) is 0 Å². The molecule has 0 aromatic carbocycles. The van der Waals surface area contributed by atoms with E-state index >= 15 is 0 Å². The summed E-state index contributed by atoms with van der Waals surface area (Å²) in [6, 6.07) is 0. The molecule has 0 aromatic rings. The molecule has 4 heteroatoms. The summed E-state index contributed by atoms with van der Waals surface area (Å²) in [4.78, 5) is 10.7. The molecule has 0 heterocycles. The molecule has 1 rings (SSSR count). The number of carbonyl (C=O) groups excluding carboxylic acids is 1. The Morgan fingerprint density at radius 2 is 2.00 bits per heavy atom. The van der Waals surface area contributed by atoms with E-state index < -0.39 is 6.10 Å². The molecule has 1 unspecified atom stereocenters. The minimum atomic E-state index is -0.456. The molecule has 0 saturated carbocycles. The molecule has 0 bridgehead atoms. The molecule has 0 aromatic heterocycles. The zero-order valence-corrected chi connectivity index (χ0v) is 8.37. The average molecular weight is 196 g/mol. The van der Waals surface area contributed by atoms with E-state index in [1.165, 1.54) is 21.3 Å². The van der Waals surface area contributed by atoms with Gasteiger partial charge in [-0.15, -0.1) is 0 Å². The minimum Gasteiger partial charge on any atom is -0.497 e. The van der Waals surface area contributed by atoms with Gasteiger partial charge in [0.15, 0.2) is 0 Å². The molecular weight excluding hydrogens is 184 g/mol. The topological polar surface area (TPSA) is 44.8 Å². The van der Waals surface area contributed by atoms with Crippen LogP contribution in [0.25, 0.3) is 0 Å². The quantitative estimate of drug-likeness (QED) is 0.627. The van der Waals surface area contributed by atoms with Crippen molar-refractivity contribution in [2.24, 2.45) is 0 Å². The number of ether oxygens (including phenoxy) is 3. The maximum absolute atomic E-state index is 10.7. The number of hydrogen-bond donors (Lipinski definition) is 0. The first-order valence-electron chi connectivity index (χ1n) is 4.06. The number of allylic oxidation sites excluding steroid dienone is 1. The Bertz CT molecular complexity index is 321. The van der Waals surface area contributed by atoms with E-state index in [4.69, 9.17) is 14.2 Å². The summed E-state index contributed by atoms with van der Waals surface area (Å²) in [5, 5.41) is 0. The van der Waals surface area contributed by atoms with Crippen LogP contribution >= 0.6 is 0 Å². The van der Waals surface area contributed by atoms with Gasteiger partial charge < -0.3 is 14.2 Å². The van der Waals surface area contributed by atoms with Crippen LogP contribution in [-0.2, 0) is 19.0 Å². The maximum Gasteiger partial charge on any atom is 0.139 e. The van der Waals surface area contributed by atoms with Crippen LogP contribution in [0.1, 0.15) is 0 Å². The van der Waals surface area contributed by atoms with E-state index in [0.29, 0.717) is 17.1 Å². The first kappa shape index (κ1) is 10.6. The van der Waals surface area contributed by atoms with Crippen LogP contribution in [0.5, 0.6) is 0 Å². The number of rotatable bonds is 3. The standard InChI is InChI=1S/C10H12O4/c1-12-7-4-9(13-2)8(6-11)10(5-7)14-3/h4-5,9H,1-3H3. The number of hydrogen-bond acceptors (Lipinski definition) is 4. The first-order chi connectivity index (χ1) is 6.76. The molecule has 0 aliphatic heterocycles. The average Bonchev–Trinajstić information content (AvgIpc) is 2.26. The zero-order valence-electron chi connectivity index (χ0n) is 8.37. The highest BCUT2D eigenvalue weighted by Crippen LogP contribution is 2.24. The van der Waals surface area contributed by atoms with Crippen molar-refractivity contribution in [3.05, 3.63) is 29.2 Å². The lowest BCUT2D eigenvalue weighted by Crippen LogP contribution is -2.18. The molecule has 1 aliphatic carbocycles. The van der Waals surface area contributed by atoms with Crippen molar-refractivity contribution in [2.45, 2.75) is 6.10 Å². The maximum atomic E-state index is 10.7. The van der Waals surface area contributed by atoms with Gasteiger partial charge in [-0.25, -0.2) is 4.79 Å². The predicted molar refractivity (Wildman–Crippen MR) is 50.2 cm³/mol. The van der Waals surface area contributed by atoms with Crippen LogP contribution in [0.3, 0.4) is 0 Å². The van der Waals surface area contributed by atoms with Gasteiger partial charge >= 0.3 is 0 Å². The molecule has 1 atom stereocenters. The number of methoxy groups -OCH3 is 3. The van der Waals surface area contributed by atoms with E-state index in [9.17, 15) is 4.79 Å². The van der Waals surface area contributed by atoms with Gasteiger partial charge in [0.2, 0.25) is 0 Å². The Kier molecular flexibility index (Phi) is 3.51. The van der Waals surface area contributed by atoms with Crippen molar-refractivity contribution in [3.8, 4) is 0 Å². The van der Waals surface area contributed by atoms with Crippen molar-refractivity contribution >= 4 is 5.94 Å². The molecule has 0 radical (unpaired) electrons. The highest BCUT2D eigenvalue weighted by molar-refractivity contribution is 5.64. The van der Waals surface area contributed by atoms with Gasteiger partial charge in [-0.3, -0.25) is 0 Å². The predicted octanol–water partition coefficient (Wildman–Crippen LogP) is 0.834. The van der Waals surface area contributed by atoms with Gasteiger partial charge in [0.05, 0.1) is 14.2 Å². The highest BCUT2D eigenvalue weighted by atomic mass is 16.5. The fourth-order valence-electron chi connectivity index (χ4n) is 1.22. The largest absolute Gasteiger partial charge is 0.497 e. The fourth-order valence-corrected chi connectivity index (χ4v) is 1.22. The first-order valence-corrected chi connectivity index (χ1v) is 4.06. The Balaban J connectivity index is 3.08. The SMILES string of the molecule is COC1=CC(OC)C(=C=O)C(OC)=C1. The molecule has 4 nitrogen and oxygen atoms in total. The summed E-state index contributed by atoms with van der Waals surface area (Å²) in [6.07, 6.45) is 2.85. The molecule has 0 saturated heterocycles. The van der Waals surface area contributed by atoms with Crippen LogP contribution in [0, 0.1) is 0 Å². The van der Waals surface area contributed by atoms with Crippen molar-refractivity contribution in [1.29, 1.82) is 0 Å². The van der Waals surface area contributed by atoms with Gasteiger partial charge in [0, 0.05) is 13.2 Å². The fraction of sp³-hybridized carbons (Fsp3) is 0.400. The Labute approximate surface area is 82.5 Å². The van der Waals surface area contributed by atoms with E-state index in [-0.39, 0.29) is 0 Å². The van der Waals surface area contributed by atoms with Gasteiger partial charge in [0.25, 0.3) is 0 Å². The van der Waals surface area contributed by atoms with Crippen LogP contribution in [0.15, 0.2) is 29.2 Å². The summed E-state index contributed by atoms with van der Waals surface area (Å²) in [6.45, 7) is 0. The van der Waals surface area contributed by atoms with Crippen LogP contribution in [0.2, 0.25) is 0 Å². The van der Waals surface area contributed by atoms with Crippen molar-refractivity contribution in [1.82, 2.24) is 0 Å². The zero-order chi connectivity index (χ0) is 10.6.